The number of anilines is 1. The highest BCUT2D eigenvalue weighted by atomic mass is 32.1. The number of fused-ring (bicyclic) bond motifs is 1. The lowest BCUT2D eigenvalue weighted by atomic mass is 10.0. The van der Waals surface area contributed by atoms with Crippen LogP contribution in [0.4, 0.5) is 44.6 Å². The Morgan fingerprint density at radius 3 is 2.04 bits per heavy atom. The summed E-state index contributed by atoms with van der Waals surface area (Å²) in [5, 5.41) is 2.26. The molecule has 0 aliphatic rings. The van der Waals surface area contributed by atoms with Gasteiger partial charge in [0.1, 0.15) is 0 Å². The summed E-state index contributed by atoms with van der Waals surface area (Å²) < 4.78 is 115. The third-order valence-corrected chi connectivity index (χ3v) is 4.21. The van der Waals surface area contributed by atoms with Crippen molar-refractivity contribution < 1.29 is 39.5 Å². The Kier molecular flexibility index (Phi) is 4.88. The number of thiazole rings is 1. The molecular weight excluding hydrogens is 387 g/mol. The molecule has 1 heterocycles. The van der Waals surface area contributed by atoms with E-state index in [0.29, 0.717) is 10.2 Å². The van der Waals surface area contributed by atoms with Gasteiger partial charge in [-0.2, -0.15) is 39.5 Å². The lowest BCUT2D eigenvalue weighted by Gasteiger charge is -2.33. The van der Waals surface area contributed by atoms with Crippen LogP contribution < -0.4 is 5.32 Å². The number of aromatic nitrogens is 1. The maximum Gasteiger partial charge on any atom is 0.460 e. The molecule has 2 nitrogen and oxygen atoms in total. The van der Waals surface area contributed by atoms with Crippen LogP contribution in [0.1, 0.15) is 6.42 Å². The van der Waals surface area contributed by atoms with E-state index in [1.54, 1.807) is 24.3 Å². The zero-order valence-corrected chi connectivity index (χ0v) is 12.8. The van der Waals surface area contributed by atoms with Crippen LogP contribution in [-0.4, -0.2) is 35.5 Å². The molecule has 0 amide bonds. The van der Waals surface area contributed by atoms with Gasteiger partial charge in [-0.25, -0.2) is 4.98 Å². The molecule has 25 heavy (non-hydrogen) atoms. The average Bonchev–Trinajstić information content (AvgIpc) is 2.88. The van der Waals surface area contributed by atoms with Gasteiger partial charge in [-0.3, -0.25) is 0 Å². The fourth-order valence-electron chi connectivity index (χ4n) is 1.84. The van der Waals surface area contributed by atoms with E-state index in [1.165, 1.54) is 0 Å². The number of benzene rings is 1. The molecule has 1 aromatic heterocycles. The van der Waals surface area contributed by atoms with E-state index in [9.17, 15) is 39.5 Å². The maximum atomic E-state index is 13.3. The number of nitrogens with one attached hydrogen (secondary N) is 1. The number of rotatable bonds is 6. The molecule has 140 valence electrons. The molecule has 1 N–H and O–H groups in total. The molecule has 0 aliphatic carbocycles. The third-order valence-electron chi connectivity index (χ3n) is 3.22. The Labute approximate surface area is 138 Å². The topological polar surface area (TPSA) is 24.9 Å². The molecule has 0 bridgehead atoms. The first kappa shape index (κ1) is 19.6. The molecule has 1 aromatic carbocycles. The highest BCUT2D eigenvalue weighted by molar-refractivity contribution is 7.22. The fourth-order valence-corrected chi connectivity index (χ4v) is 2.73. The fraction of sp³-hybridized carbons (Fsp3) is 0.462. The molecular formula is C13H9F9N2S. The van der Waals surface area contributed by atoms with Gasteiger partial charge in [-0.05, 0) is 12.1 Å². The predicted octanol–water partition coefficient (Wildman–Crippen LogP) is 5.57. The van der Waals surface area contributed by atoms with Crippen molar-refractivity contribution in [2.75, 3.05) is 11.9 Å². The van der Waals surface area contributed by atoms with E-state index in [2.05, 4.69) is 10.3 Å². The zero-order valence-electron chi connectivity index (χ0n) is 12.0. The van der Waals surface area contributed by atoms with Crippen molar-refractivity contribution in [3.05, 3.63) is 24.3 Å². The smallest absolute Gasteiger partial charge is 0.361 e. The summed E-state index contributed by atoms with van der Waals surface area (Å²) in [6.45, 7) is -0.976. The van der Waals surface area contributed by atoms with E-state index in [1.807, 2.05) is 0 Å². The maximum absolute atomic E-state index is 13.3. The molecule has 0 saturated heterocycles. The van der Waals surface area contributed by atoms with Crippen LogP contribution in [0.3, 0.4) is 0 Å². The number of hydrogen-bond acceptors (Lipinski definition) is 3. The monoisotopic (exact) mass is 396 g/mol. The van der Waals surface area contributed by atoms with Crippen LogP contribution >= 0.6 is 11.3 Å². The van der Waals surface area contributed by atoms with Gasteiger partial charge in [0.15, 0.2) is 5.13 Å². The van der Waals surface area contributed by atoms with Crippen molar-refractivity contribution in [3.63, 3.8) is 0 Å². The molecule has 0 radical (unpaired) electrons. The normalized spacial score (nSPS) is 14.1. The van der Waals surface area contributed by atoms with Gasteiger partial charge in [0.2, 0.25) is 0 Å². The molecule has 12 heteroatoms. The zero-order chi connectivity index (χ0) is 19.1. The Balaban J connectivity index is 2.07. The van der Waals surface area contributed by atoms with Crippen molar-refractivity contribution in [2.45, 2.75) is 30.4 Å². The quantitative estimate of drug-likeness (QED) is 0.646. The molecule has 0 atom stereocenters. The summed E-state index contributed by atoms with van der Waals surface area (Å²) in [6.07, 6.45) is -8.75. The van der Waals surface area contributed by atoms with Crippen LogP contribution in [0, 0.1) is 0 Å². The summed E-state index contributed by atoms with van der Waals surface area (Å²) in [4.78, 5) is 3.93. The molecule has 0 spiro atoms. The van der Waals surface area contributed by atoms with Gasteiger partial charge in [0.05, 0.1) is 10.2 Å². The number of hydrogen-bond donors (Lipinski definition) is 1. The minimum Gasteiger partial charge on any atom is -0.361 e. The number of halogens is 9. The SMILES string of the molecule is FC(F)(F)C(F)(F)C(F)(F)C(F)(F)CCNc1nc2ccccc2s1. The first-order valence-corrected chi connectivity index (χ1v) is 7.41. The Bertz CT molecular complexity index is 705. The lowest BCUT2D eigenvalue weighted by Crippen LogP contribution is -2.61. The highest BCUT2D eigenvalue weighted by Gasteiger charge is 2.81. The second kappa shape index (κ2) is 6.22. The van der Waals surface area contributed by atoms with Crippen molar-refractivity contribution in [1.82, 2.24) is 4.98 Å². The van der Waals surface area contributed by atoms with E-state index in [4.69, 9.17) is 0 Å². The highest BCUT2D eigenvalue weighted by Crippen LogP contribution is 2.53. The predicted molar refractivity (Wildman–Crippen MR) is 73.6 cm³/mol. The molecule has 2 aromatic rings. The average molecular weight is 396 g/mol. The second-order valence-corrected chi connectivity index (χ2v) is 6.05. The van der Waals surface area contributed by atoms with Crippen molar-refractivity contribution >= 4 is 26.7 Å². The van der Waals surface area contributed by atoms with E-state index in [-0.39, 0.29) is 5.13 Å². The molecule has 0 aliphatic heterocycles. The summed E-state index contributed by atoms with van der Waals surface area (Å²) >= 11 is 0.982. The van der Waals surface area contributed by atoms with E-state index >= 15 is 0 Å². The van der Waals surface area contributed by atoms with Crippen LogP contribution in [0.5, 0.6) is 0 Å². The summed E-state index contributed by atoms with van der Waals surface area (Å²) in [7, 11) is 0. The van der Waals surface area contributed by atoms with E-state index < -0.39 is 36.9 Å². The lowest BCUT2D eigenvalue weighted by molar-refractivity contribution is -0.396. The van der Waals surface area contributed by atoms with Crippen LogP contribution in [0.2, 0.25) is 0 Å². The Morgan fingerprint density at radius 2 is 1.48 bits per heavy atom. The van der Waals surface area contributed by atoms with Crippen molar-refractivity contribution in [1.29, 1.82) is 0 Å². The number of alkyl halides is 9. The van der Waals surface area contributed by atoms with Gasteiger partial charge >= 0.3 is 23.9 Å². The summed E-state index contributed by atoms with van der Waals surface area (Å²) in [6, 6.07) is 6.53. The van der Waals surface area contributed by atoms with Crippen LogP contribution in [0.15, 0.2) is 24.3 Å². The molecule has 2 rings (SSSR count). The largest absolute Gasteiger partial charge is 0.460 e. The van der Waals surface area contributed by atoms with Gasteiger partial charge in [-0.1, -0.05) is 23.5 Å². The standard InChI is InChI=1S/C13H9F9N2S/c14-10(15,11(16,17)12(18,19)13(20,21)22)5-6-23-9-24-7-3-1-2-4-8(7)25-9/h1-4H,5-6H2,(H,23,24). The van der Waals surface area contributed by atoms with Crippen molar-refractivity contribution in [3.8, 4) is 0 Å². The second-order valence-electron chi connectivity index (χ2n) is 5.01. The number of nitrogens with zero attached hydrogens (tertiary/aromatic N) is 1. The number of para-hydroxylation sites is 1. The molecule has 0 saturated carbocycles. The van der Waals surface area contributed by atoms with Crippen LogP contribution in [-0.2, 0) is 0 Å². The minimum atomic E-state index is -6.86. The summed E-state index contributed by atoms with van der Waals surface area (Å²) in [5.74, 6) is -19.0. The first-order chi connectivity index (χ1) is 11.3. The molecule has 0 fully saturated rings. The van der Waals surface area contributed by atoms with Crippen LogP contribution in [0.25, 0.3) is 10.2 Å². The minimum absolute atomic E-state index is 0.0443. The molecule has 0 unspecified atom stereocenters. The third kappa shape index (κ3) is 3.48. The van der Waals surface area contributed by atoms with Crippen molar-refractivity contribution in [2.24, 2.45) is 0 Å². The van der Waals surface area contributed by atoms with E-state index in [0.717, 1.165) is 11.3 Å². The Morgan fingerprint density at radius 1 is 0.880 bits per heavy atom. The van der Waals surface area contributed by atoms with Gasteiger partial charge < -0.3 is 5.32 Å². The first-order valence-electron chi connectivity index (χ1n) is 6.59. The van der Waals surface area contributed by atoms with Gasteiger partial charge in [0, 0.05) is 13.0 Å². The Hall–Kier alpha value is -1.72. The van der Waals surface area contributed by atoms with Gasteiger partial charge in [-0.15, -0.1) is 0 Å². The summed E-state index contributed by atoms with van der Waals surface area (Å²) in [5.41, 5.74) is 0.482. The van der Waals surface area contributed by atoms with Gasteiger partial charge in [0.25, 0.3) is 0 Å².